The van der Waals surface area contributed by atoms with Gasteiger partial charge in [0, 0.05) is 23.5 Å². The summed E-state index contributed by atoms with van der Waals surface area (Å²) in [7, 11) is 0. The third-order valence-corrected chi connectivity index (χ3v) is 5.11. The van der Waals surface area contributed by atoms with Gasteiger partial charge in [0.15, 0.2) is 0 Å². The number of aromatic nitrogens is 5. The van der Waals surface area contributed by atoms with Crippen LogP contribution in [0.3, 0.4) is 0 Å². The molecule has 0 radical (unpaired) electrons. The highest BCUT2D eigenvalue weighted by molar-refractivity contribution is 5.95. The van der Waals surface area contributed by atoms with E-state index in [2.05, 4.69) is 25.6 Å². The second-order valence-electron chi connectivity index (χ2n) is 6.98. The van der Waals surface area contributed by atoms with Crippen LogP contribution in [0.4, 0.5) is 5.82 Å². The van der Waals surface area contributed by atoms with E-state index in [1.165, 1.54) is 0 Å². The van der Waals surface area contributed by atoms with E-state index in [1.54, 1.807) is 10.9 Å². The summed E-state index contributed by atoms with van der Waals surface area (Å²) in [5.41, 5.74) is 4.54. The highest BCUT2D eigenvalue weighted by atomic mass is 16.1. The fourth-order valence-electron chi connectivity index (χ4n) is 3.79. The first kappa shape index (κ1) is 17.2. The molecule has 0 saturated carbocycles. The molecule has 7 heteroatoms. The molecule has 0 bridgehead atoms. The van der Waals surface area contributed by atoms with Gasteiger partial charge in [-0.3, -0.25) is 4.79 Å². The Kier molecular flexibility index (Phi) is 4.13. The largest absolute Gasteiger partial charge is 0.310 e. The standard InChI is InChI=1S/C22H18N6O/c1-14-20-17(15-8-4-2-5-9-15)12-19(29)25-21(20)28(27-14)22-24-18(13-23-26-22)16-10-6-3-7-11-16/h2-11,13,17H,12H2,1H3,(H,25,29)/t17-/m1/s1. The molecule has 142 valence electrons. The summed E-state index contributed by atoms with van der Waals surface area (Å²) in [5.74, 6) is 0.822. The molecular weight excluding hydrogens is 364 g/mol. The second kappa shape index (κ2) is 6.94. The molecule has 0 unspecified atom stereocenters. The molecule has 1 atom stereocenters. The monoisotopic (exact) mass is 382 g/mol. The van der Waals surface area contributed by atoms with Gasteiger partial charge in [-0.2, -0.15) is 14.9 Å². The molecule has 0 saturated heterocycles. The predicted molar refractivity (Wildman–Crippen MR) is 109 cm³/mol. The summed E-state index contributed by atoms with van der Waals surface area (Å²) >= 11 is 0. The van der Waals surface area contributed by atoms with Gasteiger partial charge >= 0.3 is 0 Å². The van der Waals surface area contributed by atoms with Gasteiger partial charge in [-0.05, 0) is 12.5 Å². The highest BCUT2D eigenvalue weighted by Gasteiger charge is 2.33. The SMILES string of the molecule is Cc1nn(-c2nncc(-c3ccccc3)n2)c2c1[C@@H](c1ccccc1)CC(=O)N2. The third kappa shape index (κ3) is 3.06. The van der Waals surface area contributed by atoms with Crippen molar-refractivity contribution in [2.24, 2.45) is 0 Å². The number of carbonyl (C=O) groups excluding carboxylic acids is 1. The Morgan fingerprint density at radius 1 is 1.03 bits per heavy atom. The lowest BCUT2D eigenvalue weighted by atomic mass is 9.86. The zero-order chi connectivity index (χ0) is 19.8. The van der Waals surface area contributed by atoms with E-state index in [0.29, 0.717) is 23.9 Å². The van der Waals surface area contributed by atoms with Crippen LogP contribution >= 0.6 is 0 Å². The smallest absolute Gasteiger partial charge is 0.272 e. The number of hydrogen-bond donors (Lipinski definition) is 1. The average Bonchev–Trinajstić information content (AvgIpc) is 3.11. The van der Waals surface area contributed by atoms with Gasteiger partial charge < -0.3 is 5.32 Å². The van der Waals surface area contributed by atoms with Crippen LogP contribution in [0, 0.1) is 6.92 Å². The van der Waals surface area contributed by atoms with Crippen LogP contribution in [0.1, 0.15) is 29.2 Å². The highest BCUT2D eigenvalue weighted by Crippen LogP contribution is 2.39. The van der Waals surface area contributed by atoms with Crippen LogP contribution in [-0.2, 0) is 4.79 Å². The topological polar surface area (TPSA) is 85.6 Å². The van der Waals surface area contributed by atoms with Crippen molar-refractivity contribution < 1.29 is 4.79 Å². The molecule has 5 rings (SSSR count). The number of benzene rings is 2. The summed E-state index contributed by atoms with van der Waals surface area (Å²) in [6.45, 7) is 1.94. The number of nitrogens with zero attached hydrogens (tertiary/aromatic N) is 5. The zero-order valence-corrected chi connectivity index (χ0v) is 15.8. The first-order valence-electron chi connectivity index (χ1n) is 9.40. The van der Waals surface area contributed by atoms with E-state index in [4.69, 9.17) is 0 Å². The maximum atomic E-state index is 12.5. The quantitative estimate of drug-likeness (QED) is 0.586. The van der Waals surface area contributed by atoms with E-state index in [-0.39, 0.29) is 11.8 Å². The van der Waals surface area contributed by atoms with Gasteiger partial charge in [0.05, 0.1) is 17.6 Å². The van der Waals surface area contributed by atoms with Crippen molar-refractivity contribution in [3.8, 4) is 17.2 Å². The number of anilines is 1. The summed E-state index contributed by atoms with van der Waals surface area (Å²) in [6.07, 6.45) is 2.00. The van der Waals surface area contributed by atoms with Crippen molar-refractivity contribution in [1.29, 1.82) is 0 Å². The minimum absolute atomic E-state index is 0.0559. The lowest BCUT2D eigenvalue weighted by molar-refractivity contribution is -0.116. The van der Waals surface area contributed by atoms with E-state index >= 15 is 0 Å². The number of rotatable bonds is 3. The second-order valence-corrected chi connectivity index (χ2v) is 6.98. The summed E-state index contributed by atoms with van der Waals surface area (Å²) in [5, 5.41) is 15.9. The number of amides is 1. The molecule has 1 N–H and O–H groups in total. The molecule has 1 aliphatic rings. The van der Waals surface area contributed by atoms with Crippen LogP contribution < -0.4 is 5.32 Å². The maximum absolute atomic E-state index is 12.5. The normalized spacial score (nSPS) is 15.6. The molecule has 7 nitrogen and oxygen atoms in total. The first-order chi connectivity index (χ1) is 14.2. The molecule has 0 spiro atoms. The lowest BCUT2D eigenvalue weighted by Gasteiger charge is -2.24. The Bertz CT molecular complexity index is 1190. The molecule has 2 aromatic carbocycles. The number of fused-ring (bicyclic) bond motifs is 1. The molecule has 1 amide bonds. The van der Waals surface area contributed by atoms with E-state index in [0.717, 1.165) is 22.4 Å². The molecule has 0 fully saturated rings. The van der Waals surface area contributed by atoms with Crippen LogP contribution in [0.2, 0.25) is 0 Å². The lowest BCUT2D eigenvalue weighted by Crippen LogP contribution is -2.25. The number of aryl methyl sites for hydroxylation is 1. The van der Waals surface area contributed by atoms with Crippen LogP contribution in [-0.4, -0.2) is 30.9 Å². The summed E-state index contributed by atoms with van der Waals surface area (Å²) in [6, 6.07) is 19.8. The average molecular weight is 382 g/mol. The molecule has 4 aromatic rings. The molecule has 3 heterocycles. The predicted octanol–water partition coefficient (Wildman–Crippen LogP) is 3.51. The van der Waals surface area contributed by atoms with Gasteiger partial charge in [-0.15, -0.1) is 5.10 Å². The Morgan fingerprint density at radius 2 is 1.76 bits per heavy atom. The maximum Gasteiger partial charge on any atom is 0.272 e. The van der Waals surface area contributed by atoms with E-state index in [1.807, 2.05) is 67.6 Å². The molecule has 2 aromatic heterocycles. The fourth-order valence-corrected chi connectivity index (χ4v) is 3.79. The minimum atomic E-state index is -0.0565. The Labute approximate surface area is 167 Å². The zero-order valence-electron chi connectivity index (χ0n) is 15.8. The van der Waals surface area contributed by atoms with Crippen molar-refractivity contribution in [3.63, 3.8) is 0 Å². The van der Waals surface area contributed by atoms with Gasteiger partial charge in [-0.1, -0.05) is 60.7 Å². The fraction of sp³-hybridized carbons (Fsp3) is 0.136. The Morgan fingerprint density at radius 3 is 2.52 bits per heavy atom. The van der Waals surface area contributed by atoms with Crippen LogP contribution in [0.5, 0.6) is 0 Å². The van der Waals surface area contributed by atoms with Gasteiger partial charge in [0.2, 0.25) is 5.91 Å². The van der Waals surface area contributed by atoms with Crippen LogP contribution in [0.25, 0.3) is 17.2 Å². The molecule has 1 aliphatic heterocycles. The summed E-state index contributed by atoms with van der Waals surface area (Å²) < 4.78 is 1.58. The first-order valence-corrected chi connectivity index (χ1v) is 9.40. The van der Waals surface area contributed by atoms with Gasteiger partial charge in [0.25, 0.3) is 5.95 Å². The van der Waals surface area contributed by atoms with Gasteiger partial charge in [-0.25, -0.2) is 4.98 Å². The number of nitrogens with one attached hydrogen (secondary N) is 1. The summed E-state index contributed by atoms with van der Waals surface area (Å²) in [4.78, 5) is 17.1. The Balaban J connectivity index is 1.63. The minimum Gasteiger partial charge on any atom is -0.310 e. The van der Waals surface area contributed by atoms with Crippen LogP contribution in [0.15, 0.2) is 66.9 Å². The van der Waals surface area contributed by atoms with Crippen molar-refractivity contribution in [3.05, 3.63) is 83.7 Å². The van der Waals surface area contributed by atoms with E-state index in [9.17, 15) is 4.79 Å². The van der Waals surface area contributed by atoms with Crippen molar-refractivity contribution >= 4 is 11.7 Å². The van der Waals surface area contributed by atoms with Gasteiger partial charge in [0.1, 0.15) is 5.82 Å². The molecular formula is C22H18N6O. The van der Waals surface area contributed by atoms with Crippen molar-refractivity contribution in [2.45, 2.75) is 19.3 Å². The van der Waals surface area contributed by atoms with Crippen molar-refractivity contribution in [1.82, 2.24) is 25.0 Å². The molecule has 29 heavy (non-hydrogen) atoms. The van der Waals surface area contributed by atoms with E-state index < -0.39 is 0 Å². The number of carbonyl (C=O) groups is 1. The Hall–Kier alpha value is -3.87. The third-order valence-electron chi connectivity index (χ3n) is 5.11. The number of hydrogen-bond acceptors (Lipinski definition) is 5. The van der Waals surface area contributed by atoms with Crippen molar-refractivity contribution in [2.75, 3.05) is 5.32 Å². The molecule has 0 aliphatic carbocycles.